The van der Waals surface area contributed by atoms with Crippen LogP contribution in [-0.4, -0.2) is 25.1 Å². The molecule has 2 N–H and O–H groups in total. The molecule has 1 heterocycles. The molecule has 150 valence electrons. The fourth-order valence-corrected chi connectivity index (χ4v) is 2.92. The van der Waals surface area contributed by atoms with Crippen LogP contribution in [0.3, 0.4) is 0 Å². The van der Waals surface area contributed by atoms with Gasteiger partial charge < -0.3 is 20.1 Å². The number of nitrogens with one attached hydrogen (secondary N) is 2. The summed E-state index contributed by atoms with van der Waals surface area (Å²) in [4.78, 5) is 16.9. The average molecular weight is 391 g/mol. The first kappa shape index (κ1) is 20.2. The molecule has 1 amide bonds. The third-order valence-corrected chi connectivity index (χ3v) is 4.58. The number of nitrogens with zero attached hydrogens (tertiary/aromatic N) is 1. The zero-order valence-corrected chi connectivity index (χ0v) is 17.1. The van der Waals surface area contributed by atoms with Crippen LogP contribution < -0.4 is 20.1 Å². The Balaban J connectivity index is 1.69. The van der Waals surface area contributed by atoms with Crippen LogP contribution in [-0.2, 0) is 6.54 Å². The van der Waals surface area contributed by atoms with Crippen LogP contribution in [0, 0.1) is 13.8 Å². The lowest BCUT2D eigenvalue weighted by Crippen LogP contribution is -2.23. The smallest absolute Gasteiger partial charge is 0.251 e. The highest BCUT2D eigenvalue weighted by Crippen LogP contribution is 2.27. The highest BCUT2D eigenvalue weighted by atomic mass is 16.5. The van der Waals surface area contributed by atoms with Gasteiger partial charge in [0.1, 0.15) is 5.82 Å². The number of amides is 1. The largest absolute Gasteiger partial charge is 0.493 e. The van der Waals surface area contributed by atoms with Gasteiger partial charge in [0.25, 0.3) is 5.91 Å². The van der Waals surface area contributed by atoms with Gasteiger partial charge in [-0.3, -0.25) is 4.79 Å². The number of hydrogen-bond donors (Lipinski definition) is 2. The second kappa shape index (κ2) is 9.10. The van der Waals surface area contributed by atoms with E-state index in [1.807, 2.05) is 32.0 Å². The SMILES string of the molecule is COc1ccc(CNC(=O)c2ccnc(Nc3cc(C)ccc3C)c2)cc1OC. The van der Waals surface area contributed by atoms with Crippen molar-refractivity contribution in [2.24, 2.45) is 0 Å². The van der Waals surface area contributed by atoms with Crippen molar-refractivity contribution in [3.05, 3.63) is 77.0 Å². The van der Waals surface area contributed by atoms with Gasteiger partial charge in [-0.15, -0.1) is 0 Å². The molecule has 6 nitrogen and oxygen atoms in total. The number of aryl methyl sites for hydroxylation is 2. The van der Waals surface area contributed by atoms with Gasteiger partial charge in [-0.2, -0.15) is 0 Å². The van der Waals surface area contributed by atoms with Gasteiger partial charge in [-0.25, -0.2) is 4.98 Å². The van der Waals surface area contributed by atoms with Gasteiger partial charge in [0.05, 0.1) is 14.2 Å². The quantitative estimate of drug-likeness (QED) is 0.625. The van der Waals surface area contributed by atoms with Gasteiger partial charge in [0.2, 0.25) is 0 Å². The van der Waals surface area contributed by atoms with Gasteiger partial charge in [-0.05, 0) is 60.9 Å². The molecule has 6 heteroatoms. The number of ether oxygens (including phenoxy) is 2. The average Bonchev–Trinajstić information content (AvgIpc) is 2.74. The maximum atomic E-state index is 12.6. The van der Waals surface area contributed by atoms with Crippen LogP contribution in [0.4, 0.5) is 11.5 Å². The summed E-state index contributed by atoms with van der Waals surface area (Å²) in [6.45, 7) is 4.44. The Morgan fingerprint density at radius 3 is 2.52 bits per heavy atom. The van der Waals surface area contributed by atoms with Crippen LogP contribution in [0.5, 0.6) is 11.5 Å². The zero-order chi connectivity index (χ0) is 20.8. The first-order valence-corrected chi connectivity index (χ1v) is 9.29. The maximum absolute atomic E-state index is 12.6. The summed E-state index contributed by atoms with van der Waals surface area (Å²) >= 11 is 0. The molecular formula is C23H25N3O3. The van der Waals surface area contributed by atoms with Gasteiger partial charge in [0, 0.05) is 24.0 Å². The molecule has 0 radical (unpaired) electrons. The van der Waals surface area contributed by atoms with Crippen molar-refractivity contribution in [1.29, 1.82) is 0 Å². The molecular weight excluding hydrogens is 366 g/mol. The number of carbonyl (C=O) groups is 1. The molecule has 0 saturated heterocycles. The predicted molar refractivity (Wildman–Crippen MR) is 114 cm³/mol. The zero-order valence-electron chi connectivity index (χ0n) is 17.1. The number of anilines is 2. The lowest BCUT2D eigenvalue weighted by atomic mass is 10.1. The lowest BCUT2D eigenvalue weighted by molar-refractivity contribution is 0.0951. The Labute approximate surface area is 170 Å². The molecule has 0 aliphatic rings. The Bertz CT molecular complexity index is 1020. The highest BCUT2D eigenvalue weighted by Gasteiger charge is 2.10. The molecule has 0 aliphatic heterocycles. The van der Waals surface area contributed by atoms with Crippen molar-refractivity contribution in [3.63, 3.8) is 0 Å². The molecule has 1 aromatic heterocycles. The van der Waals surface area contributed by atoms with Crippen molar-refractivity contribution in [3.8, 4) is 11.5 Å². The van der Waals surface area contributed by atoms with E-state index in [4.69, 9.17) is 9.47 Å². The minimum absolute atomic E-state index is 0.175. The van der Waals surface area contributed by atoms with E-state index in [0.717, 1.165) is 22.4 Å². The Morgan fingerprint density at radius 2 is 1.76 bits per heavy atom. The summed E-state index contributed by atoms with van der Waals surface area (Å²) in [5.41, 5.74) is 4.69. The molecule has 0 aliphatic carbocycles. The molecule has 0 bridgehead atoms. The summed E-state index contributed by atoms with van der Waals surface area (Å²) in [6.07, 6.45) is 1.62. The second-order valence-corrected chi connectivity index (χ2v) is 6.75. The number of hydrogen-bond acceptors (Lipinski definition) is 5. The maximum Gasteiger partial charge on any atom is 0.251 e. The standard InChI is InChI=1S/C23H25N3O3/c1-15-5-6-16(2)19(11-15)26-22-13-18(9-10-24-22)23(27)25-14-17-7-8-20(28-3)21(12-17)29-4/h5-13H,14H2,1-4H3,(H,24,26)(H,25,27). The van der Waals surface area contributed by atoms with Crippen molar-refractivity contribution in [1.82, 2.24) is 10.3 Å². The van der Waals surface area contributed by atoms with E-state index in [0.29, 0.717) is 29.4 Å². The van der Waals surface area contributed by atoms with E-state index in [9.17, 15) is 4.79 Å². The molecule has 0 spiro atoms. The summed E-state index contributed by atoms with van der Waals surface area (Å²) in [7, 11) is 3.17. The molecule has 3 aromatic rings. The van der Waals surface area contributed by atoms with Crippen LogP contribution in [0.25, 0.3) is 0 Å². The fourth-order valence-electron chi connectivity index (χ4n) is 2.92. The highest BCUT2D eigenvalue weighted by molar-refractivity contribution is 5.94. The van der Waals surface area contributed by atoms with Gasteiger partial charge in [0.15, 0.2) is 11.5 Å². The summed E-state index contributed by atoms with van der Waals surface area (Å²) in [6, 6.07) is 15.2. The summed E-state index contributed by atoms with van der Waals surface area (Å²) in [5, 5.41) is 6.21. The van der Waals surface area contributed by atoms with E-state index in [-0.39, 0.29) is 5.91 Å². The van der Waals surface area contributed by atoms with Crippen LogP contribution in [0.1, 0.15) is 27.0 Å². The van der Waals surface area contributed by atoms with E-state index < -0.39 is 0 Å². The monoisotopic (exact) mass is 391 g/mol. The number of methoxy groups -OCH3 is 2. The third-order valence-electron chi connectivity index (χ3n) is 4.58. The topological polar surface area (TPSA) is 72.5 Å². The minimum atomic E-state index is -0.175. The molecule has 3 rings (SSSR count). The first-order valence-electron chi connectivity index (χ1n) is 9.29. The fraction of sp³-hybridized carbons (Fsp3) is 0.217. The van der Waals surface area contributed by atoms with E-state index in [1.54, 1.807) is 32.5 Å². The molecule has 2 aromatic carbocycles. The number of benzene rings is 2. The van der Waals surface area contributed by atoms with Gasteiger partial charge in [-0.1, -0.05) is 18.2 Å². The van der Waals surface area contributed by atoms with Crippen LogP contribution in [0.15, 0.2) is 54.7 Å². The van der Waals surface area contributed by atoms with Crippen molar-refractivity contribution >= 4 is 17.4 Å². The Kier molecular flexibility index (Phi) is 6.34. The van der Waals surface area contributed by atoms with Crippen molar-refractivity contribution < 1.29 is 14.3 Å². The number of rotatable bonds is 7. The Morgan fingerprint density at radius 1 is 0.966 bits per heavy atom. The second-order valence-electron chi connectivity index (χ2n) is 6.75. The number of pyridine rings is 1. The molecule has 0 unspecified atom stereocenters. The van der Waals surface area contributed by atoms with Crippen LogP contribution >= 0.6 is 0 Å². The lowest BCUT2D eigenvalue weighted by Gasteiger charge is -2.12. The summed E-state index contributed by atoms with van der Waals surface area (Å²) in [5.74, 6) is 1.73. The van der Waals surface area contributed by atoms with E-state index in [1.165, 1.54) is 0 Å². The molecule has 0 atom stereocenters. The normalized spacial score (nSPS) is 10.3. The van der Waals surface area contributed by atoms with Crippen molar-refractivity contribution in [2.45, 2.75) is 20.4 Å². The van der Waals surface area contributed by atoms with Crippen molar-refractivity contribution in [2.75, 3.05) is 19.5 Å². The van der Waals surface area contributed by atoms with E-state index in [2.05, 4.69) is 33.8 Å². The van der Waals surface area contributed by atoms with Crippen LogP contribution in [0.2, 0.25) is 0 Å². The van der Waals surface area contributed by atoms with E-state index >= 15 is 0 Å². The Hall–Kier alpha value is -3.54. The molecule has 0 saturated carbocycles. The predicted octanol–water partition coefficient (Wildman–Crippen LogP) is 4.39. The summed E-state index contributed by atoms with van der Waals surface area (Å²) < 4.78 is 10.5. The number of aromatic nitrogens is 1. The molecule has 29 heavy (non-hydrogen) atoms. The molecule has 0 fully saturated rings. The first-order chi connectivity index (χ1) is 14.0. The minimum Gasteiger partial charge on any atom is -0.493 e. The number of carbonyl (C=O) groups excluding carboxylic acids is 1. The third kappa shape index (κ3) is 5.04. The van der Waals surface area contributed by atoms with Gasteiger partial charge >= 0.3 is 0 Å².